The van der Waals surface area contributed by atoms with Crippen LogP contribution in [-0.2, 0) is 0 Å². The average molecular weight is 324 g/mol. The Morgan fingerprint density at radius 3 is 2.67 bits per heavy atom. The second-order valence-electron chi connectivity index (χ2n) is 6.39. The van der Waals surface area contributed by atoms with Crippen molar-refractivity contribution < 1.29 is 9.53 Å². The first-order valence-corrected chi connectivity index (χ1v) is 8.28. The van der Waals surface area contributed by atoms with Crippen molar-refractivity contribution in [3.63, 3.8) is 0 Å². The first-order chi connectivity index (χ1) is 11.6. The highest BCUT2D eigenvalue weighted by molar-refractivity contribution is 5.94. The van der Waals surface area contributed by atoms with Crippen molar-refractivity contribution in [2.45, 2.75) is 13.0 Å². The monoisotopic (exact) mass is 324 g/mol. The van der Waals surface area contributed by atoms with Crippen LogP contribution in [0.1, 0.15) is 27.5 Å². The van der Waals surface area contributed by atoms with Crippen LogP contribution in [0.3, 0.4) is 0 Å². The fourth-order valence-electron chi connectivity index (χ4n) is 3.23. The van der Waals surface area contributed by atoms with Gasteiger partial charge in [-0.3, -0.25) is 9.69 Å². The molecule has 1 aliphatic rings. The predicted molar refractivity (Wildman–Crippen MR) is 95.4 cm³/mol. The zero-order valence-corrected chi connectivity index (χ0v) is 14.5. The minimum atomic E-state index is 0.111. The van der Waals surface area contributed by atoms with Gasteiger partial charge in [0.05, 0.1) is 13.2 Å². The number of nitrogens with zero attached hydrogens (tertiary/aromatic N) is 2. The normalized spacial score (nSPS) is 18.5. The van der Waals surface area contributed by atoms with E-state index < -0.39 is 0 Å². The number of hydrogen-bond donors (Lipinski definition) is 0. The molecule has 0 spiro atoms. The van der Waals surface area contributed by atoms with Crippen LogP contribution in [0.15, 0.2) is 48.5 Å². The van der Waals surface area contributed by atoms with Crippen LogP contribution in [-0.4, -0.2) is 49.5 Å². The third kappa shape index (κ3) is 3.44. The van der Waals surface area contributed by atoms with Gasteiger partial charge in [-0.05, 0) is 43.8 Å². The lowest BCUT2D eigenvalue weighted by Gasteiger charge is -2.39. The molecule has 3 rings (SSSR count). The van der Waals surface area contributed by atoms with E-state index in [0.717, 1.165) is 30.0 Å². The molecule has 0 aliphatic carbocycles. The molecular formula is C20H24N2O2. The molecule has 1 atom stereocenters. The molecule has 0 radical (unpaired) electrons. The summed E-state index contributed by atoms with van der Waals surface area (Å²) >= 11 is 0. The van der Waals surface area contributed by atoms with Crippen LogP contribution in [0.25, 0.3) is 0 Å². The number of ether oxygens (including phenoxy) is 1. The van der Waals surface area contributed by atoms with Crippen LogP contribution < -0.4 is 4.74 Å². The van der Waals surface area contributed by atoms with Gasteiger partial charge in [0.2, 0.25) is 0 Å². The Morgan fingerprint density at radius 2 is 1.92 bits per heavy atom. The Labute approximate surface area is 143 Å². The Kier molecular flexibility index (Phi) is 4.86. The van der Waals surface area contributed by atoms with Crippen molar-refractivity contribution in [3.8, 4) is 5.75 Å². The molecule has 1 saturated heterocycles. The fraction of sp³-hybridized carbons (Fsp3) is 0.350. The number of benzene rings is 2. The number of hydrogen-bond acceptors (Lipinski definition) is 3. The Balaban J connectivity index is 1.81. The number of amides is 1. The number of likely N-dealkylation sites (N-methyl/N-ethyl adjacent to an activating group) is 1. The largest absolute Gasteiger partial charge is 0.497 e. The van der Waals surface area contributed by atoms with Crippen molar-refractivity contribution in [2.24, 2.45) is 0 Å². The molecule has 0 saturated carbocycles. The summed E-state index contributed by atoms with van der Waals surface area (Å²) in [6.45, 7) is 4.32. The molecule has 1 amide bonds. The lowest BCUT2D eigenvalue weighted by molar-refractivity contribution is 0.0546. The molecule has 1 aliphatic heterocycles. The summed E-state index contributed by atoms with van der Waals surface area (Å²) in [6, 6.07) is 16.1. The Morgan fingerprint density at radius 1 is 1.12 bits per heavy atom. The number of aryl methyl sites for hydroxylation is 1. The molecule has 1 unspecified atom stereocenters. The molecule has 2 aromatic carbocycles. The van der Waals surface area contributed by atoms with E-state index >= 15 is 0 Å². The van der Waals surface area contributed by atoms with E-state index in [1.165, 1.54) is 5.56 Å². The van der Waals surface area contributed by atoms with Crippen molar-refractivity contribution in [2.75, 3.05) is 33.8 Å². The smallest absolute Gasteiger partial charge is 0.253 e. The minimum absolute atomic E-state index is 0.111. The second kappa shape index (κ2) is 7.05. The Hall–Kier alpha value is -2.33. The maximum atomic E-state index is 12.8. The van der Waals surface area contributed by atoms with E-state index in [2.05, 4.69) is 24.1 Å². The van der Waals surface area contributed by atoms with Crippen molar-refractivity contribution in [1.29, 1.82) is 0 Å². The van der Waals surface area contributed by atoms with Crippen LogP contribution in [0.5, 0.6) is 5.75 Å². The molecule has 0 N–H and O–H groups in total. The van der Waals surface area contributed by atoms with Gasteiger partial charge >= 0.3 is 0 Å². The van der Waals surface area contributed by atoms with Crippen molar-refractivity contribution >= 4 is 5.91 Å². The summed E-state index contributed by atoms with van der Waals surface area (Å²) < 4.78 is 5.34. The zero-order chi connectivity index (χ0) is 17.1. The van der Waals surface area contributed by atoms with E-state index in [1.807, 2.05) is 48.2 Å². The molecule has 0 bridgehead atoms. The first-order valence-electron chi connectivity index (χ1n) is 8.28. The van der Waals surface area contributed by atoms with E-state index in [-0.39, 0.29) is 11.9 Å². The van der Waals surface area contributed by atoms with Crippen LogP contribution in [0.4, 0.5) is 0 Å². The van der Waals surface area contributed by atoms with Gasteiger partial charge in [-0.15, -0.1) is 0 Å². The molecule has 1 heterocycles. The molecular weight excluding hydrogens is 300 g/mol. The first kappa shape index (κ1) is 16.5. The van der Waals surface area contributed by atoms with Crippen LogP contribution >= 0.6 is 0 Å². The van der Waals surface area contributed by atoms with Crippen LogP contribution in [0, 0.1) is 6.92 Å². The molecule has 24 heavy (non-hydrogen) atoms. The quantitative estimate of drug-likeness (QED) is 0.869. The van der Waals surface area contributed by atoms with Gasteiger partial charge in [0.1, 0.15) is 5.75 Å². The topological polar surface area (TPSA) is 32.8 Å². The van der Waals surface area contributed by atoms with Crippen molar-refractivity contribution in [1.82, 2.24) is 9.80 Å². The van der Waals surface area contributed by atoms with Gasteiger partial charge in [-0.2, -0.15) is 0 Å². The maximum absolute atomic E-state index is 12.8. The number of piperazine rings is 1. The minimum Gasteiger partial charge on any atom is -0.497 e. The second-order valence-corrected chi connectivity index (χ2v) is 6.39. The summed E-state index contributed by atoms with van der Waals surface area (Å²) in [5, 5.41) is 0. The third-order valence-electron chi connectivity index (χ3n) is 4.68. The predicted octanol–water partition coefficient (Wildman–Crippen LogP) is 3.13. The summed E-state index contributed by atoms with van der Waals surface area (Å²) in [7, 11) is 3.79. The summed E-state index contributed by atoms with van der Waals surface area (Å²) in [6.07, 6.45) is 0. The molecule has 2 aromatic rings. The van der Waals surface area contributed by atoms with E-state index in [4.69, 9.17) is 4.74 Å². The van der Waals surface area contributed by atoms with E-state index in [0.29, 0.717) is 6.54 Å². The van der Waals surface area contributed by atoms with E-state index in [9.17, 15) is 4.79 Å². The van der Waals surface area contributed by atoms with Gasteiger partial charge < -0.3 is 9.64 Å². The summed E-state index contributed by atoms with van der Waals surface area (Å²) in [5.41, 5.74) is 3.06. The highest BCUT2D eigenvalue weighted by Gasteiger charge is 2.29. The molecule has 0 aromatic heterocycles. The molecule has 126 valence electrons. The van der Waals surface area contributed by atoms with Crippen molar-refractivity contribution in [3.05, 3.63) is 65.2 Å². The summed E-state index contributed by atoms with van der Waals surface area (Å²) in [5.74, 6) is 0.961. The number of methoxy groups -OCH3 is 1. The fourth-order valence-corrected chi connectivity index (χ4v) is 3.23. The third-order valence-corrected chi connectivity index (χ3v) is 4.68. The number of carbonyl (C=O) groups is 1. The average Bonchev–Trinajstić information content (AvgIpc) is 2.61. The highest BCUT2D eigenvalue weighted by atomic mass is 16.5. The number of carbonyl (C=O) groups excluding carboxylic acids is 1. The van der Waals surface area contributed by atoms with E-state index in [1.54, 1.807) is 7.11 Å². The maximum Gasteiger partial charge on any atom is 0.253 e. The molecule has 4 nitrogen and oxygen atoms in total. The highest BCUT2D eigenvalue weighted by Crippen LogP contribution is 2.27. The molecule has 4 heteroatoms. The molecule has 1 fully saturated rings. The van der Waals surface area contributed by atoms with Crippen LogP contribution in [0.2, 0.25) is 0 Å². The Bertz CT molecular complexity index is 729. The lowest BCUT2D eigenvalue weighted by Crippen LogP contribution is -2.49. The van der Waals surface area contributed by atoms with Gasteiger partial charge in [0.15, 0.2) is 0 Å². The number of rotatable bonds is 3. The standard InChI is InChI=1S/C20H24N2O2/c1-15-6-4-8-17(12-15)20(23)22-11-10-21(2)19(14-22)16-7-5-9-18(13-16)24-3/h4-9,12-13,19H,10-11,14H2,1-3H3. The SMILES string of the molecule is COc1cccc(C2CN(C(=O)c3cccc(C)c3)CCN2C)c1. The summed E-state index contributed by atoms with van der Waals surface area (Å²) in [4.78, 5) is 17.1. The van der Waals surface area contributed by atoms with Gasteiger partial charge in [0.25, 0.3) is 5.91 Å². The van der Waals surface area contributed by atoms with Gasteiger partial charge in [0, 0.05) is 25.2 Å². The van der Waals surface area contributed by atoms with Gasteiger partial charge in [-0.25, -0.2) is 0 Å². The zero-order valence-electron chi connectivity index (χ0n) is 14.5. The lowest BCUT2D eigenvalue weighted by atomic mass is 10.0. The van der Waals surface area contributed by atoms with Gasteiger partial charge in [-0.1, -0.05) is 29.8 Å².